The Bertz CT molecular complexity index is 915. The van der Waals surface area contributed by atoms with E-state index in [4.69, 9.17) is 5.11 Å². The van der Waals surface area contributed by atoms with Crippen molar-refractivity contribution in [1.82, 2.24) is 6.15 Å². The second kappa shape index (κ2) is 35.7. The normalized spacial score (nSPS) is 14.3. The van der Waals surface area contributed by atoms with Gasteiger partial charge in [0.1, 0.15) is 11.9 Å². The van der Waals surface area contributed by atoms with E-state index in [1.165, 1.54) is 103 Å². The highest BCUT2D eigenvalue weighted by Crippen LogP contribution is 2.45. The van der Waals surface area contributed by atoms with Crippen LogP contribution in [0.25, 0.3) is 0 Å². The number of ketones is 2. The maximum absolute atomic E-state index is 12.9. The van der Waals surface area contributed by atoms with Gasteiger partial charge in [-0.2, -0.15) is 0 Å². The topological polar surface area (TPSA) is 217 Å². The summed E-state index contributed by atoms with van der Waals surface area (Å²) in [7, 11) is -5.27. The molecule has 0 rings (SSSR count). The van der Waals surface area contributed by atoms with E-state index >= 15 is 0 Å². The molecule has 310 valence electrons. The van der Waals surface area contributed by atoms with Gasteiger partial charge in [0.05, 0.1) is 19.3 Å². The lowest BCUT2D eigenvalue weighted by molar-refractivity contribution is -0.158. The van der Waals surface area contributed by atoms with Gasteiger partial charge in [0.15, 0.2) is 11.4 Å². The van der Waals surface area contributed by atoms with Crippen LogP contribution in [-0.2, 0) is 18.7 Å². The van der Waals surface area contributed by atoms with Crippen LogP contribution in [0.15, 0.2) is 12.2 Å². The lowest BCUT2D eigenvalue weighted by Crippen LogP contribution is -2.55. The quantitative estimate of drug-likeness (QED) is 0.0178. The number of unbranched alkanes of at least 4 members (excludes halogenated alkanes) is 23. The van der Waals surface area contributed by atoms with Crippen molar-refractivity contribution < 1.29 is 48.9 Å². The van der Waals surface area contributed by atoms with E-state index in [9.17, 15) is 39.3 Å². The average Bonchev–Trinajstić information content (AvgIpc) is 3.09. The van der Waals surface area contributed by atoms with Crippen molar-refractivity contribution in [1.29, 1.82) is 0 Å². The van der Waals surface area contributed by atoms with Crippen LogP contribution in [0.4, 0.5) is 0 Å². The highest BCUT2D eigenvalue weighted by molar-refractivity contribution is 7.46. The van der Waals surface area contributed by atoms with Gasteiger partial charge in [-0.05, 0) is 44.9 Å². The number of aliphatic hydroxyl groups excluding tert-OH is 4. The van der Waals surface area contributed by atoms with Gasteiger partial charge in [-0.25, -0.2) is 4.57 Å². The molecule has 12 heteroatoms. The van der Waals surface area contributed by atoms with Crippen molar-refractivity contribution >= 4 is 19.4 Å². The summed E-state index contributed by atoms with van der Waals surface area (Å²) in [4.78, 5) is 43.7. The first-order valence-electron chi connectivity index (χ1n) is 20.6. The number of aliphatic hydroxyl groups is 4. The molecule has 0 aliphatic carbocycles. The second-order valence-corrected chi connectivity index (χ2v) is 15.8. The minimum Gasteiger partial charge on any atom is -0.394 e. The number of rotatable bonds is 39. The van der Waals surface area contributed by atoms with Gasteiger partial charge in [-0.3, -0.25) is 14.1 Å². The number of carbonyl (C=O) groups is 2. The molecule has 9 N–H and O–H groups in total. The highest BCUT2D eigenvalue weighted by atomic mass is 31.2. The first-order valence-corrected chi connectivity index (χ1v) is 22.1. The van der Waals surface area contributed by atoms with Crippen LogP contribution in [0, 0.1) is 0 Å². The van der Waals surface area contributed by atoms with Crippen LogP contribution < -0.4 is 6.15 Å². The first kappa shape index (κ1) is 53.1. The summed E-state index contributed by atoms with van der Waals surface area (Å²) in [5, 5.41) is 38.6. The fraction of sp³-hybridized carbons (Fsp3) is 0.900. The zero-order valence-corrected chi connectivity index (χ0v) is 33.8. The van der Waals surface area contributed by atoms with E-state index in [0.717, 1.165) is 64.2 Å². The molecular weight excluding hydrogens is 685 g/mol. The van der Waals surface area contributed by atoms with Crippen molar-refractivity contribution in [2.45, 2.75) is 217 Å². The van der Waals surface area contributed by atoms with E-state index in [2.05, 4.69) is 23.6 Å². The lowest BCUT2D eigenvalue weighted by Gasteiger charge is -2.36. The number of Topliss-reactive ketones (excluding diaryl/α,β-unsaturated/α-hetero) is 2. The standard InChI is InChI=1S/C40H77O10P.H3N/c1-2-3-4-5-6-7-8-12-15-18-21-24-27-30-36(43)31-28-25-22-19-16-13-10-9-11-14-17-20-23-26-29-32-38(45)40(39(46)35-42,33-37(44)34-41)50-51(47,48)49;/h9,11,37,39,41-42,44,46H,2-8,10,12-35H2,1H3,(H2,47,48,49);1H3/b11-9-;. The van der Waals surface area contributed by atoms with Gasteiger partial charge in [-0.1, -0.05) is 141 Å². The van der Waals surface area contributed by atoms with Crippen molar-refractivity contribution in [2.24, 2.45) is 0 Å². The van der Waals surface area contributed by atoms with E-state index < -0.39 is 51.0 Å². The Morgan fingerprint density at radius 1 is 0.596 bits per heavy atom. The van der Waals surface area contributed by atoms with Gasteiger partial charge in [0, 0.05) is 25.7 Å². The summed E-state index contributed by atoms with van der Waals surface area (Å²) < 4.78 is 16.2. The van der Waals surface area contributed by atoms with Crippen molar-refractivity contribution in [3.63, 3.8) is 0 Å². The third-order valence-corrected chi connectivity index (χ3v) is 10.4. The SMILES string of the molecule is CCCCCCCCCCCCCCCC(=O)CCCCCCCC/C=C\CCCCCCCC(=O)C(CC(O)CO)(OP(=O)(O)O)C(O)CO.N. The van der Waals surface area contributed by atoms with Gasteiger partial charge < -0.3 is 36.4 Å². The molecule has 0 saturated heterocycles. The molecule has 0 fully saturated rings. The molecule has 52 heavy (non-hydrogen) atoms. The van der Waals surface area contributed by atoms with Crippen LogP contribution in [0.5, 0.6) is 0 Å². The van der Waals surface area contributed by atoms with Crippen molar-refractivity contribution in [3.05, 3.63) is 12.2 Å². The predicted octanol–water partition coefficient (Wildman–Crippen LogP) is 9.12. The Labute approximate surface area is 316 Å². The van der Waals surface area contributed by atoms with Gasteiger partial charge in [0.25, 0.3) is 0 Å². The number of phosphoric acid groups is 1. The second-order valence-electron chi connectivity index (χ2n) is 14.6. The number of hydrogen-bond acceptors (Lipinski definition) is 9. The molecule has 0 aliphatic rings. The molecule has 0 aromatic carbocycles. The predicted molar refractivity (Wildman–Crippen MR) is 210 cm³/mol. The van der Waals surface area contributed by atoms with Crippen LogP contribution in [0.2, 0.25) is 0 Å². The Balaban J connectivity index is 0. The molecule has 0 aromatic rings. The van der Waals surface area contributed by atoms with E-state index in [1.54, 1.807) is 0 Å². The lowest BCUT2D eigenvalue weighted by atomic mass is 9.84. The van der Waals surface area contributed by atoms with Crippen LogP contribution in [0.1, 0.15) is 200 Å². The Kier molecular flexibility index (Phi) is 36.4. The molecule has 0 spiro atoms. The van der Waals surface area contributed by atoms with Gasteiger partial charge >= 0.3 is 7.82 Å². The third kappa shape index (κ3) is 30.3. The maximum atomic E-state index is 12.9. The van der Waals surface area contributed by atoms with Crippen molar-refractivity contribution in [2.75, 3.05) is 13.2 Å². The summed E-state index contributed by atoms with van der Waals surface area (Å²) in [6.45, 7) is 0.443. The molecular formula is C40H80NO10P. The van der Waals surface area contributed by atoms with Gasteiger partial charge in [-0.15, -0.1) is 0 Å². The number of allylic oxidation sites excluding steroid dienone is 2. The Morgan fingerprint density at radius 2 is 0.962 bits per heavy atom. The largest absolute Gasteiger partial charge is 0.470 e. The zero-order valence-electron chi connectivity index (χ0n) is 32.9. The maximum Gasteiger partial charge on any atom is 0.470 e. The fourth-order valence-corrected chi connectivity index (χ4v) is 7.36. The molecule has 0 aromatic heterocycles. The molecule has 11 nitrogen and oxygen atoms in total. The highest BCUT2D eigenvalue weighted by Gasteiger charge is 2.50. The molecule has 3 atom stereocenters. The summed E-state index contributed by atoms with van der Waals surface area (Å²) in [6.07, 6.45) is 31.8. The molecule has 3 unspecified atom stereocenters. The first-order chi connectivity index (χ1) is 24.5. The number of phosphoric ester groups is 1. The van der Waals surface area contributed by atoms with Crippen LogP contribution in [0.3, 0.4) is 0 Å². The average molecular weight is 766 g/mol. The summed E-state index contributed by atoms with van der Waals surface area (Å²) in [5.74, 6) is -0.393. The summed E-state index contributed by atoms with van der Waals surface area (Å²) >= 11 is 0. The van der Waals surface area contributed by atoms with Crippen LogP contribution in [-0.4, -0.2) is 72.8 Å². The molecule has 0 aliphatic heterocycles. The molecule has 0 heterocycles. The number of hydrogen-bond donors (Lipinski definition) is 7. The fourth-order valence-electron chi connectivity index (χ4n) is 6.64. The third-order valence-electron chi connectivity index (χ3n) is 9.79. The number of carbonyl (C=O) groups excluding carboxylic acids is 2. The smallest absolute Gasteiger partial charge is 0.394 e. The minimum absolute atomic E-state index is 0. The Hall–Kier alpha value is -1.01. The van der Waals surface area contributed by atoms with E-state index in [1.807, 2.05) is 0 Å². The Morgan fingerprint density at radius 3 is 1.33 bits per heavy atom. The zero-order chi connectivity index (χ0) is 38.1. The van der Waals surface area contributed by atoms with Crippen LogP contribution >= 0.6 is 7.82 Å². The molecule has 0 amide bonds. The monoisotopic (exact) mass is 766 g/mol. The van der Waals surface area contributed by atoms with E-state index in [0.29, 0.717) is 18.6 Å². The minimum atomic E-state index is -5.27. The summed E-state index contributed by atoms with van der Waals surface area (Å²) in [5.41, 5.74) is -2.52. The molecule has 0 bridgehead atoms. The summed E-state index contributed by atoms with van der Waals surface area (Å²) in [6, 6.07) is 0. The van der Waals surface area contributed by atoms with Crippen molar-refractivity contribution in [3.8, 4) is 0 Å². The molecule has 0 radical (unpaired) electrons. The van der Waals surface area contributed by atoms with Gasteiger partial charge in [0.2, 0.25) is 0 Å². The molecule has 0 saturated carbocycles. The van der Waals surface area contributed by atoms with E-state index in [-0.39, 0.29) is 12.6 Å².